The highest BCUT2D eigenvalue weighted by molar-refractivity contribution is 5.14. The zero-order valence-electron chi connectivity index (χ0n) is 11.4. The fraction of sp³-hybridized carbons (Fsp3) is 0.600. The molecular weight excluding hydrogens is 226 g/mol. The molecule has 0 amide bonds. The van der Waals surface area contributed by atoms with Crippen LogP contribution in [0.3, 0.4) is 0 Å². The Balaban J connectivity index is 1.82. The minimum absolute atomic E-state index is 0.776. The summed E-state index contributed by atoms with van der Waals surface area (Å²) in [5.74, 6) is 0. The molecule has 102 valence electrons. The number of methoxy groups -OCH3 is 1. The van der Waals surface area contributed by atoms with Crippen LogP contribution in [0.5, 0.6) is 0 Å². The van der Waals surface area contributed by atoms with Gasteiger partial charge in [-0.1, -0.05) is 30.3 Å². The van der Waals surface area contributed by atoms with Crippen LogP contribution in [0.1, 0.15) is 18.4 Å². The van der Waals surface area contributed by atoms with E-state index in [1.165, 1.54) is 5.56 Å². The first-order valence-electron chi connectivity index (χ1n) is 6.75. The number of benzene rings is 1. The van der Waals surface area contributed by atoms with Gasteiger partial charge >= 0.3 is 0 Å². The highest BCUT2D eigenvalue weighted by Gasteiger charge is 1.93. The summed E-state index contributed by atoms with van der Waals surface area (Å²) >= 11 is 0. The standard InChI is InChI=1S/C15H25NO2/c1-17-14-11-16-10-6-13-18-12-5-9-15-7-3-2-4-8-15/h2-4,7-8,16H,5-6,9-14H2,1H3. The van der Waals surface area contributed by atoms with E-state index in [0.29, 0.717) is 0 Å². The lowest BCUT2D eigenvalue weighted by atomic mass is 10.1. The number of hydrogen-bond acceptors (Lipinski definition) is 3. The largest absolute Gasteiger partial charge is 0.383 e. The quantitative estimate of drug-likeness (QED) is 0.612. The maximum absolute atomic E-state index is 5.59. The molecule has 0 unspecified atom stereocenters. The SMILES string of the molecule is COCCNCCCOCCCc1ccccc1. The Bertz CT molecular complexity index is 277. The molecule has 0 aliphatic heterocycles. The molecule has 0 aromatic heterocycles. The van der Waals surface area contributed by atoms with Crippen LogP contribution in [-0.2, 0) is 15.9 Å². The highest BCUT2D eigenvalue weighted by Crippen LogP contribution is 2.02. The molecule has 0 heterocycles. The number of rotatable bonds is 11. The number of hydrogen-bond donors (Lipinski definition) is 1. The smallest absolute Gasteiger partial charge is 0.0587 e. The van der Waals surface area contributed by atoms with Gasteiger partial charge in [0.2, 0.25) is 0 Å². The molecule has 0 saturated heterocycles. The second-order valence-electron chi connectivity index (χ2n) is 4.30. The summed E-state index contributed by atoms with van der Waals surface area (Å²) in [5.41, 5.74) is 1.39. The van der Waals surface area contributed by atoms with Gasteiger partial charge in [-0.25, -0.2) is 0 Å². The summed E-state index contributed by atoms with van der Waals surface area (Å²) in [6.07, 6.45) is 3.27. The lowest BCUT2D eigenvalue weighted by molar-refractivity contribution is 0.128. The van der Waals surface area contributed by atoms with Crippen LogP contribution in [0.25, 0.3) is 0 Å². The first kappa shape index (κ1) is 15.2. The Kier molecular flexibility index (Phi) is 9.44. The van der Waals surface area contributed by atoms with Crippen molar-refractivity contribution >= 4 is 0 Å². The lowest BCUT2D eigenvalue weighted by Gasteiger charge is -2.05. The van der Waals surface area contributed by atoms with Gasteiger partial charge < -0.3 is 14.8 Å². The average Bonchev–Trinajstić information content (AvgIpc) is 2.42. The molecule has 0 bridgehead atoms. The lowest BCUT2D eigenvalue weighted by Crippen LogP contribution is -2.21. The van der Waals surface area contributed by atoms with E-state index in [0.717, 1.165) is 52.2 Å². The van der Waals surface area contributed by atoms with Crippen LogP contribution < -0.4 is 5.32 Å². The Hall–Kier alpha value is -0.900. The zero-order valence-corrected chi connectivity index (χ0v) is 11.4. The molecule has 0 spiro atoms. The van der Waals surface area contributed by atoms with E-state index in [-0.39, 0.29) is 0 Å². The Morgan fingerprint density at radius 2 is 1.72 bits per heavy atom. The van der Waals surface area contributed by atoms with Crippen molar-refractivity contribution in [1.29, 1.82) is 0 Å². The monoisotopic (exact) mass is 251 g/mol. The van der Waals surface area contributed by atoms with E-state index in [2.05, 4.69) is 35.6 Å². The van der Waals surface area contributed by atoms with Gasteiger partial charge in [-0.15, -0.1) is 0 Å². The molecule has 0 aliphatic rings. The fourth-order valence-corrected chi connectivity index (χ4v) is 1.72. The van der Waals surface area contributed by atoms with Crippen LogP contribution >= 0.6 is 0 Å². The second kappa shape index (κ2) is 11.2. The van der Waals surface area contributed by atoms with Gasteiger partial charge in [0.1, 0.15) is 0 Å². The van der Waals surface area contributed by atoms with Gasteiger partial charge in [0, 0.05) is 26.9 Å². The molecule has 0 radical (unpaired) electrons. The summed E-state index contributed by atoms with van der Waals surface area (Å²) in [6.45, 7) is 4.40. The number of nitrogens with one attached hydrogen (secondary N) is 1. The molecule has 1 aromatic carbocycles. The molecular formula is C15H25NO2. The van der Waals surface area contributed by atoms with Crippen LogP contribution in [0.15, 0.2) is 30.3 Å². The van der Waals surface area contributed by atoms with E-state index < -0.39 is 0 Å². The maximum Gasteiger partial charge on any atom is 0.0587 e. The molecule has 0 saturated carbocycles. The van der Waals surface area contributed by atoms with Gasteiger partial charge in [-0.3, -0.25) is 0 Å². The number of aryl methyl sites for hydroxylation is 1. The third kappa shape index (κ3) is 8.23. The predicted octanol–water partition coefficient (Wildman–Crippen LogP) is 2.26. The van der Waals surface area contributed by atoms with E-state index in [1.54, 1.807) is 7.11 Å². The van der Waals surface area contributed by atoms with Crippen molar-refractivity contribution in [2.24, 2.45) is 0 Å². The summed E-state index contributed by atoms with van der Waals surface area (Å²) < 4.78 is 10.5. The van der Waals surface area contributed by atoms with Gasteiger partial charge in [0.05, 0.1) is 6.61 Å². The summed E-state index contributed by atoms with van der Waals surface area (Å²) in [6, 6.07) is 10.6. The second-order valence-corrected chi connectivity index (χ2v) is 4.30. The highest BCUT2D eigenvalue weighted by atomic mass is 16.5. The minimum Gasteiger partial charge on any atom is -0.383 e. The van der Waals surface area contributed by atoms with Crippen molar-refractivity contribution in [3.63, 3.8) is 0 Å². The van der Waals surface area contributed by atoms with Crippen molar-refractivity contribution in [3.05, 3.63) is 35.9 Å². The van der Waals surface area contributed by atoms with Crippen molar-refractivity contribution < 1.29 is 9.47 Å². The summed E-state index contributed by atoms with van der Waals surface area (Å²) in [7, 11) is 1.72. The molecule has 3 nitrogen and oxygen atoms in total. The van der Waals surface area contributed by atoms with Crippen molar-refractivity contribution in [1.82, 2.24) is 5.32 Å². The van der Waals surface area contributed by atoms with Crippen LogP contribution in [0.4, 0.5) is 0 Å². The average molecular weight is 251 g/mol. The predicted molar refractivity (Wildman–Crippen MR) is 74.9 cm³/mol. The normalized spacial score (nSPS) is 10.7. The molecule has 0 atom stereocenters. The molecule has 3 heteroatoms. The van der Waals surface area contributed by atoms with E-state index >= 15 is 0 Å². The van der Waals surface area contributed by atoms with Crippen molar-refractivity contribution in [2.45, 2.75) is 19.3 Å². The third-order valence-corrected chi connectivity index (χ3v) is 2.72. The van der Waals surface area contributed by atoms with Crippen molar-refractivity contribution in [2.75, 3.05) is 40.0 Å². The van der Waals surface area contributed by atoms with Gasteiger partial charge in [-0.05, 0) is 31.4 Å². The third-order valence-electron chi connectivity index (χ3n) is 2.72. The first-order chi connectivity index (χ1) is 8.93. The van der Waals surface area contributed by atoms with E-state index in [9.17, 15) is 0 Å². The molecule has 1 N–H and O–H groups in total. The molecule has 1 aromatic rings. The maximum atomic E-state index is 5.59. The Labute approximate surface area is 110 Å². The van der Waals surface area contributed by atoms with Crippen LogP contribution in [-0.4, -0.2) is 40.0 Å². The molecule has 1 rings (SSSR count). The van der Waals surface area contributed by atoms with Gasteiger partial charge in [0.25, 0.3) is 0 Å². The number of ether oxygens (including phenoxy) is 2. The summed E-state index contributed by atoms with van der Waals surface area (Å²) in [4.78, 5) is 0. The zero-order chi connectivity index (χ0) is 12.9. The first-order valence-corrected chi connectivity index (χ1v) is 6.75. The van der Waals surface area contributed by atoms with Crippen LogP contribution in [0.2, 0.25) is 0 Å². The van der Waals surface area contributed by atoms with Gasteiger partial charge in [-0.2, -0.15) is 0 Å². The Morgan fingerprint density at radius 1 is 0.944 bits per heavy atom. The van der Waals surface area contributed by atoms with Crippen LogP contribution in [0, 0.1) is 0 Å². The minimum atomic E-state index is 0.776. The Morgan fingerprint density at radius 3 is 2.50 bits per heavy atom. The van der Waals surface area contributed by atoms with Gasteiger partial charge in [0.15, 0.2) is 0 Å². The van der Waals surface area contributed by atoms with Crippen molar-refractivity contribution in [3.8, 4) is 0 Å². The molecule has 0 fully saturated rings. The molecule has 0 aliphatic carbocycles. The fourth-order valence-electron chi connectivity index (χ4n) is 1.72. The molecule has 18 heavy (non-hydrogen) atoms. The summed E-state index contributed by atoms with van der Waals surface area (Å²) in [5, 5.41) is 3.30. The van der Waals surface area contributed by atoms with E-state index in [4.69, 9.17) is 9.47 Å². The topological polar surface area (TPSA) is 30.5 Å². The van der Waals surface area contributed by atoms with E-state index in [1.807, 2.05) is 0 Å².